The number of methoxy groups -OCH3 is 1. The number of nitrogens with two attached hydrogens (primary N) is 1. The molecule has 1 rings (SSSR count). The van der Waals surface area contributed by atoms with Gasteiger partial charge >= 0.3 is 0 Å². The van der Waals surface area contributed by atoms with Crippen LogP contribution in [0.5, 0.6) is 0 Å². The van der Waals surface area contributed by atoms with Crippen molar-refractivity contribution in [2.75, 3.05) is 13.7 Å². The monoisotopic (exact) mass is 322 g/mol. The second-order valence-corrected chi connectivity index (χ2v) is 6.49. The molecule has 106 valence electrons. The summed E-state index contributed by atoms with van der Waals surface area (Å²) in [5.74, 6) is 0. The van der Waals surface area contributed by atoms with Gasteiger partial charge in [-0.05, 0) is 19.1 Å². The number of benzene rings is 1. The third-order valence-electron chi connectivity index (χ3n) is 2.47. The van der Waals surface area contributed by atoms with Crippen molar-refractivity contribution >= 4 is 38.8 Å². The summed E-state index contributed by atoms with van der Waals surface area (Å²) < 4.78 is 31.5. The molecule has 0 fully saturated rings. The lowest BCUT2D eigenvalue weighted by molar-refractivity contribution is 0.122. The Bertz CT molecular complexity index is 575. The van der Waals surface area contributed by atoms with Crippen molar-refractivity contribution < 1.29 is 13.2 Å². The first-order valence-corrected chi connectivity index (χ1v) is 7.66. The van der Waals surface area contributed by atoms with Crippen LogP contribution in [0.2, 0.25) is 5.02 Å². The Morgan fingerprint density at radius 1 is 1.58 bits per heavy atom. The Kier molecular flexibility index (Phi) is 5.69. The summed E-state index contributed by atoms with van der Waals surface area (Å²) in [6.07, 6.45) is -0.232. The lowest BCUT2D eigenvalue weighted by Gasteiger charge is -2.12. The molecular weight excluding hydrogens is 308 g/mol. The van der Waals surface area contributed by atoms with Crippen molar-refractivity contribution in [3.05, 3.63) is 28.8 Å². The van der Waals surface area contributed by atoms with Gasteiger partial charge in [0.05, 0.1) is 11.1 Å². The zero-order chi connectivity index (χ0) is 14.6. The molecule has 1 atom stereocenters. The summed E-state index contributed by atoms with van der Waals surface area (Å²) in [6, 6.07) is 4.32. The van der Waals surface area contributed by atoms with Crippen LogP contribution in [0.1, 0.15) is 12.5 Å². The van der Waals surface area contributed by atoms with E-state index in [4.69, 9.17) is 34.3 Å². The number of halogens is 1. The van der Waals surface area contributed by atoms with Gasteiger partial charge in [0, 0.05) is 19.2 Å². The van der Waals surface area contributed by atoms with Crippen molar-refractivity contribution in [2.24, 2.45) is 5.73 Å². The fourth-order valence-corrected chi connectivity index (χ4v) is 3.04. The molecule has 0 heterocycles. The average molecular weight is 323 g/mol. The van der Waals surface area contributed by atoms with E-state index in [-0.39, 0.29) is 27.6 Å². The Hall–Kier alpha value is -0.730. The third kappa shape index (κ3) is 4.39. The number of sulfonamides is 1. The number of hydrogen-bond donors (Lipinski definition) is 2. The molecule has 0 aliphatic heterocycles. The summed E-state index contributed by atoms with van der Waals surface area (Å²) in [5, 5.41) is 0.0721. The van der Waals surface area contributed by atoms with E-state index < -0.39 is 10.0 Å². The molecule has 0 aliphatic rings. The highest BCUT2D eigenvalue weighted by Gasteiger charge is 2.19. The van der Waals surface area contributed by atoms with Crippen molar-refractivity contribution in [1.29, 1.82) is 0 Å². The van der Waals surface area contributed by atoms with E-state index in [1.807, 2.05) is 0 Å². The van der Waals surface area contributed by atoms with Gasteiger partial charge in [-0.25, -0.2) is 13.1 Å². The highest BCUT2D eigenvalue weighted by molar-refractivity contribution is 7.89. The third-order valence-corrected chi connectivity index (χ3v) is 4.61. The molecule has 19 heavy (non-hydrogen) atoms. The first-order valence-electron chi connectivity index (χ1n) is 5.39. The molecule has 3 N–H and O–H groups in total. The molecule has 1 aromatic rings. The minimum Gasteiger partial charge on any atom is -0.389 e. The van der Waals surface area contributed by atoms with Gasteiger partial charge in [-0.1, -0.05) is 29.9 Å². The normalized spacial score (nSPS) is 13.2. The molecule has 0 bridgehead atoms. The highest BCUT2D eigenvalue weighted by Crippen LogP contribution is 2.22. The molecule has 1 unspecified atom stereocenters. The molecule has 8 heteroatoms. The van der Waals surface area contributed by atoms with Crippen LogP contribution in [0.15, 0.2) is 23.1 Å². The van der Waals surface area contributed by atoms with Crippen LogP contribution in [-0.4, -0.2) is 33.2 Å². The Morgan fingerprint density at radius 2 is 2.21 bits per heavy atom. The van der Waals surface area contributed by atoms with Gasteiger partial charge in [0.2, 0.25) is 10.0 Å². The van der Waals surface area contributed by atoms with Gasteiger partial charge in [0.15, 0.2) is 0 Å². The molecule has 0 spiro atoms. The van der Waals surface area contributed by atoms with Gasteiger partial charge in [-0.3, -0.25) is 0 Å². The van der Waals surface area contributed by atoms with Crippen molar-refractivity contribution in [1.82, 2.24) is 4.72 Å². The van der Waals surface area contributed by atoms with E-state index in [9.17, 15) is 8.42 Å². The fraction of sp³-hybridized carbons (Fsp3) is 0.364. The molecular formula is C11H15ClN2O3S2. The van der Waals surface area contributed by atoms with Crippen molar-refractivity contribution in [2.45, 2.75) is 17.9 Å². The number of rotatable bonds is 6. The van der Waals surface area contributed by atoms with Crippen LogP contribution in [-0.2, 0) is 14.8 Å². The fourth-order valence-electron chi connectivity index (χ4n) is 1.26. The second kappa shape index (κ2) is 6.62. The summed E-state index contributed by atoms with van der Waals surface area (Å²) in [4.78, 5) is 0.143. The highest BCUT2D eigenvalue weighted by atomic mass is 35.5. The van der Waals surface area contributed by atoms with Gasteiger partial charge < -0.3 is 10.5 Å². The average Bonchev–Trinajstić information content (AvgIpc) is 2.35. The molecule has 0 saturated carbocycles. The molecule has 0 amide bonds. The smallest absolute Gasteiger partial charge is 0.242 e. The van der Waals surface area contributed by atoms with E-state index in [1.165, 1.54) is 25.3 Å². The Balaban J connectivity index is 2.99. The summed E-state index contributed by atoms with van der Waals surface area (Å²) in [7, 11) is -2.18. The molecule has 1 aromatic carbocycles. The predicted molar refractivity (Wildman–Crippen MR) is 79.0 cm³/mol. The second-order valence-electron chi connectivity index (χ2n) is 3.91. The van der Waals surface area contributed by atoms with Crippen molar-refractivity contribution in [3.63, 3.8) is 0 Å². The quantitative estimate of drug-likeness (QED) is 0.771. The van der Waals surface area contributed by atoms with E-state index in [1.54, 1.807) is 6.92 Å². The number of thiocarbonyl (C=S) groups is 1. The molecule has 0 aromatic heterocycles. The zero-order valence-electron chi connectivity index (χ0n) is 10.5. The first kappa shape index (κ1) is 16.3. The van der Waals surface area contributed by atoms with Gasteiger partial charge in [-0.2, -0.15) is 0 Å². The van der Waals surface area contributed by atoms with Gasteiger partial charge in [0.1, 0.15) is 9.88 Å². The van der Waals surface area contributed by atoms with Gasteiger partial charge in [-0.15, -0.1) is 0 Å². The minimum atomic E-state index is -3.68. The maximum atomic E-state index is 12.0. The number of hydrogen-bond acceptors (Lipinski definition) is 4. The summed E-state index contributed by atoms with van der Waals surface area (Å²) in [5.41, 5.74) is 5.97. The molecule has 0 radical (unpaired) electrons. The molecule has 0 aliphatic carbocycles. The largest absolute Gasteiger partial charge is 0.389 e. The van der Waals surface area contributed by atoms with Crippen LogP contribution in [0.3, 0.4) is 0 Å². The van der Waals surface area contributed by atoms with Crippen LogP contribution in [0.25, 0.3) is 0 Å². The minimum absolute atomic E-state index is 0.0162. The van der Waals surface area contributed by atoms with Crippen molar-refractivity contribution in [3.8, 4) is 0 Å². The standard InChI is InChI=1S/C11H15ClN2O3S2/c1-7(17-2)6-14-19(15,16)10-4-3-8(11(13)18)5-9(10)12/h3-5,7,14H,6H2,1-2H3,(H2,13,18). The van der Waals surface area contributed by atoms with E-state index in [0.29, 0.717) is 5.56 Å². The zero-order valence-corrected chi connectivity index (χ0v) is 12.9. The van der Waals surface area contributed by atoms with Crippen LogP contribution < -0.4 is 10.5 Å². The van der Waals surface area contributed by atoms with Crippen LogP contribution in [0, 0.1) is 0 Å². The first-order chi connectivity index (χ1) is 8.77. The summed E-state index contributed by atoms with van der Waals surface area (Å²) >= 11 is 10.7. The maximum Gasteiger partial charge on any atom is 0.242 e. The Labute approximate surface area is 123 Å². The van der Waals surface area contributed by atoms with Crippen LogP contribution >= 0.6 is 23.8 Å². The van der Waals surface area contributed by atoms with E-state index in [2.05, 4.69) is 4.72 Å². The van der Waals surface area contributed by atoms with E-state index >= 15 is 0 Å². The Morgan fingerprint density at radius 3 is 2.68 bits per heavy atom. The molecule has 0 saturated heterocycles. The maximum absolute atomic E-state index is 12.0. The topological polar surface area (TPSA) is 81.4 Å². The number of ether oxygens (including phenoxy) is 1. The predicted octanol–water partition coefficient (Wildman–Crippen LogP) is 1.29. The lowest BCUT2D eigenvalue weighted by Crippen LogP contribution is -2.31. The molecule has 5 nitrogen and oxygen atoms in total. The summed E-state index contributed by atoms with van der Waals surface area (Å²) in [6.45, 7) is 1.91. The SMILES string of the molecule is COC(C)CNS(=O)(=O)c1ccc(C(N)=S)cc1Cl. The number of nitrogens with one attached hydrogen (secondary N) is 1. The van der Waals surface area contributed by atoms with Crippen LogP contribution in [0.4, 0.5) is 0 Å². The van der Waals surface area contributed by atoms with E-state index in [0.717, 1.165) is 0 Å². The lowest BCUT2D eigenvalue weighted by atomic mass is 10.2. The van der Waals surface area contributed by atoms with Gasteiger partial charge in [0.25, 0.3) is 0 Å².